The van der Waals surface area contributed by atoms with Gasteiger partial charge in [0, 0.05) is 29.4 Å². The Morgan fingerprint density at radius 1 is 1.17 bits per heavy atom. The molecule has 5 heteroatoms. The molecule has 0 aliphatic heterocycles. The lowest BCUT2D eigenvalue weighted by Crippen LogP contribution is -2.30. The number of carbonyl (C=O) groups excluding carboxylic acids is 1. The maximum atomic E-state index is 12.2. The average molecular weight is 346 g/mol. The van der Waals surface area contributed by atoms with Gasteiger partial charge in [-0.2, -0.15) is 11.3 Å². The molecule has 0 radical (unpaired) electrons. The zero-order valence-corrected chi connectivity index (χ0v) is 14.2. The minimum Gasteiger partial charge on any atom is -0.483 e. The highest BCUT2D eigenvalue weighted by atomic mass is 35.5. The zero-order chi connectivity index (χ0) is 16.2. The molecule has 1 amide bonds. The number of thiophene rings is 1. The van der Waals surface area contributed by atoms with Crippen LogP contribution in [0.2, 0.25) is 5.02 Å². The number of hydrogen-bond acceptors (Lipinski definition) is 3. The van der Waals surface area contributed by atoms with Crippen LogP contribution in [0.1, 0.15) is 5.56 Å². The quantitative estimate of drug-likeness (QED) is 0.676. The van der Waals surface area contributed by atoms with Crippen molar-refractivity contribution in [2.24, 2.45) is 0 Å². The summed E-state index contributed by atoms with van der Waals surface area (Å²) in [6.45, 7) is 0.597. The first-order valence-electron chi connectivity index (χ1n) is 7.20. The molecule has 3 aromatic rings. The van der Waals surface area contributed by atoms with Crippen LogP contribution in [0.15, 0.2) is 53.2 Å². The molecule has 118 valence electrons. The van der Waals surface area contributed by atoms with Gasteiger partial charge in [-0.05, 0) is 34.5 Å². The first kappa shape index (κ1) is 15.8. The Morgan fingerprint density at radius 2 is 1.96 bits per heavy atom. The van der Waals surface area contributed by atoms with E-state index < -0.39 is 0 Å². The van der Waals surface area contributed by atoms with Crippen LogP contribution in [0, 0.1) is 0 Å². The number of halogens is 1. The summed E-state index contributed by atoms with van der Waals surface area (Å²) in [6.07, 6.45) is 0. The summed E-state index contributed by atoms with van der Waals surface area (Å²) in [5, 5.41) is 6.55. The predicted molar refractivity (Wildman–Crippen MR) is 95.2 cm³/mol. The zero-order valence-electron chi connectivity index (χ0n) is 12.7. The first-order valence-corrected chi connectivity index (χ1v) is 8.52. The SMILES string of the molecule is CN(Cc1ccsc1)C(=O)COc1ccc(Cl)c2ccccc12. The van der Waals surface area contributed by atoms with Gasteiger partial charge in [-0.25, -0.2) is 0 Å². The molecule has 1 heterocycles. The normalized spacial score (nSPS) is 10.7. The molecule has 3 nitrogen and oxygen atoms in total. The highest BCUT2D eigenvalue weighted by Crippen LogP contribution is 2.31. The van der Waals surface area contributed by atoms with Gasteiger partial charge in [0.15, 0.2) is 6.61 Å². The minimum atomic E-state index is -0.0600. The number of ether oxygens (including phenoxy) is 1. The molecule has 0 spiro atoms. The summed E-state index contributed by atoms with van der Waals surface area (Å²) in [5.74, 6) is 0.609. The summed E-state index contributed by atoms with van der Waals surface area (Å²) in [4.78, 5) is 13.9. The highest BCUT2D eigenvalue weighted by molar-refractivity contribution is 7.07. The largest absolute Gasteiger partial charge is 0.483 e. The number of likely N-dealkylation sites (N-methyl/N-ethyl adjacent to an activating group) is 1. The molecule has 0 aliphatic rings. The second kappa shape index (κ2) is 7.02. The van der Waals surface area contributed by atoms with E-state index in [0.29, 0.717) is 17.3 Å². The van der Waals surface area contributed by atoms with Crippen molar-refractivity contribution in [2.45, 2.75) is 6.54 Å². The Hall–Kier alpha value is -2.04. The molecule has 0 unspecified atom stereocenters. The Kier molecular flexibility index (Phi) is 4.84. The summed E-state index contributed by atoms with van der Waals surface area (Å²) >= 11 is 7.82. The van der Waals surface area contributed by atoms with Gasteiger partial charge >= 0.3 is 0 Å². The van der Waals surface area contributed by atoms with Gasteiger partial charge in [-0.3, -0.25) is 4.79 Å². The van der Waals surface area contributed by atoms with E-state index in [4.69, 9.17) is 16.3 Å². The number of rotatable bonds is 5. The van der Waals surface area contributed by atoms with Crippen molar-refractivity contribution in [2.75, 3.05) is 13.7 Å². The topological polar surface area (TPSA) is 29.5 Å². The van der Waals surface area contributed by atoms with Crippen LogP contribution in [0.25, 0.3) is 10.8 Å². The molecule has 0 aliphatic carbocycles. The van der Waals surface area contributed by atoms with E-state index >= 15 is 0 Å². The lowest BCUT2D eigenvalue weighted by atomic mass is 10.1. The molecule has 0 atom stereocenters. The lowest BCUT2D eigenvalue weighted by molar-refractivity contribution is -0.132. The third-order valence-corrected chi connectivity index (χ3v) is 4.67. The average Bonchev–Trinajstić information content (AvgIpc) is 3.07. The van der Waals surface area contributed by atoms with Gasteiger partial charge in [0.25, 0.3) is 5.91 Å². The monoisotopic (exact) mass is 345 g/mol. The van der Waals surface area contributed by atoms with Crippen molar-refractivity contribution in [3.05, 3.63) is 63.8 Å². The van der Waals surface area contributed by atoms with Crippen LogP contribution in [0.3, 0.4) is 0 Å². The van der Waals surface area contributed by atoms with Gasteiger partial charge in [0.1, 0.15) is 5.75 Å². The second-order valence-electron chi connectivity index (χ2n) is 5.26. The van der Waals surface area contributed by atoms with Gasteiger partial charge in [0.05, 0.1) is 0 Å². The van der Waals surface area contributed by atoms with Gasteiger partial charge in [0.2, 0.25) is 0 Å². The van der Waals surface area contributed by atoms with Crippen molar-refractivity contribution in [3.63, 3.8) is 0 Å². The lowest BCUT2D eigenvalue weighted by Gasteiger charge is -2.17. The van der Waals surface area contributed by atoms with Crippen LogP contribution in [0.5, 0.6) is 5.75 Å². The van der Waals surface area contributed by atoms with Crippen LogP contribution < -0.4 is 4.74 Å². The third kappa shape index (κ3) is 3.66. The van der Waals surface area contributed by atoms with Crippen LogP contribution in [-0.2, 0) is 11.3 Å². The molecular weight excluding hydrogens is 330 g/mol. The van der Waals surface area contributed by atoms with Gasteiger partial charge in [-0.15, -0.1) is 0 Å². The van der Waals surface area contributed by atoms with E-state index in [0.717, 1.165) is 16.3 Å². The molecule has 3 rings (SSSR count). The second-order valence-corrected chi connectivity index (χ2v) is 6.45. The van der Waals surface area contributed by atoms with E-state index in [9.17, 15) is 4.79 Å². The summed E-state index contributed by atoms with van der Waals surface area (Å²) < 4.78 is 5.73. The molecule has 0 N–H and O–H groups in total. The number of benzene rings is 2. The van der Waals surface area contributed by atoms with Crippen LogP contribution >= 0.6 is 22.9 Å². The number of carbonyl (C=O) groups is 1. The van der Waals surface area contributed by atoms with Crippen molar-refractivity contribution in [1.29, 1.82) is 0 Å². The minimum absolute atomic E-state index is 0.00621. The number of hydrogen-bond donors (Lipinski definition) is 0. The Labute approximate surface area is 144 Å². The summed E-state index contributed by atoms with van der Waals surface area (Å²) in [5.41, 5.74) is 1.13. The molecule has 0 fully saturated rings. The van der Waals surface area contributed by atoms with Crippen LogP contribution in [-0.4, -0.2) is 24.5 Å². The Balaban J connectivity index is 1.68. The summed E-state index contributed by atoms with van der Waals surface area (Å²) in [7, 11) is 1.78. The third-order valence-electron chi connectivity index (χ3n) is 3.61. The summed E-state index contributed by atoms with van der Waals surface area (Å²) in [6, 6.07) is 13.3. The van der Waals surface area contributed by atoms with Crippen molar-refractivity contribution in [3.8, 4) is 5.75 Å². The molecule has 1 aromatic heterocycles. The Bertz CT molecular complexity index is 817. The van der Waals surface area contributed by atoms with Crippen molar-refractivity contribution >= 4 is 39.6 Å². The smallest absolute Gasteiger partial charge is 0.260 e. The first-order chi connectivity index (χ1) is 11.1. The van der Waals surface area contributed by atoms with Gasteiger partial charge in [-0.1, -0.05) is 35.9 Å². The molecule has 0 saturated carbocycles. The number of amides is 1. The molecule has 2 aromatic carbocycles. The number of nitrogens with zero attached hydrogens (tertiary/aromatic N) is 1. The van der Waals surface area contributed by atoms with Gasteiger partial charge < -0.3 is 9.64 Å². The standard InChI is InChI=1S/C18H16ClNO2S/c1-20(10-13-8-9-23-12-13)18(21)11-22-17-7-6-16(19)14-4-2-3-5-15(14)17/h2-9,12H,10-11H2,1H3. The fourth-order valence-electron chi connectivity index (χ4n) is 2.35. The van der Waals surface area contributed by atoms with E-state index in [-0.39, 0.29) is 12.5 Å². The maximum absolute atomic E-state index is 12.2. The van der Waals surface area contributed by atoms with Crippen molar-refractivity contribution in [1.82, 2.24) is 4.90 Å². The predicted octanol–water partition coefficient (Wildman–Crippen LogP) is 4.59. The van der Waals surface area contributed by atoms with E-state index in [2.05, 4.69) is 0 Å². The number of fused-ring (bicyclic) bond motifs is 1. The fourth-order valence-corrected chi connectivity index (χ4v) is 3.24. The van der Waals surface area contributed by atoms with E-state index in [1.165, 1.54) is 0 Å². The fraction of sp³-hybridized carbons (Fsp3) is 0.167. The van der Waals surface area contributed by atoms with Crippen LogP contribution in [0.4, 0.5) is 0 Å². The molecule has 0 bridgehead atoms. The maximum Gasteiger partial charge on any atom is 0.260 e. The van der Waals surface area contributed by atoms with E-state index in [1.54, 1.807) is 35.4 Å². The van der Waals surface area contributed by atoms with E-state index in [1.807, 2.05) is 41.1 Å². The highest BCUT2D eigenvalue weighted by Gasteiger charge is 2.12. The molecular formula is C18H16ClNO2S. The molecule has 0 saturated heterocycles. The Morgan fingerprint density at radius 3 is 2.70 bits per heavy atom. The molecule has 23 heavy (non-hydrogen) atoms. The van der Waals surface area contributed by atoms with Crippen molar-refractivity contribution < 1.29 is 9.53 Å².